The number of fused-ring (bicyclic) bond motifs is 1. The molecule has 0 spiro atoms. The summed E-state index contributed by atoms with van der Waals surface area (Å²) in [6.07, 6.45) is 1.84. The predicted octanol–water partition coefficient (Wildman–Crippen LogP) is 1.78. The fourth-order valence-corrected chi connectivity index (χ4v) is 3.03. The maximum atomic E-state index is 13.7. The lowest BCUT2D eigenvalue weighted by Crippen LogP contribution is -2.40. The van der Waals surface area contributed by atoms with Gasteiger partial charge in [-0.3, -0.25) is 9.59 Å². The highest BCUT2D eigenvalue weighted by atomic mass is 35.5. The number of hydrogen-bond donors (Lipinski definition) is 2. The van der Waals surface area contributed by atoms with E-state index < -0.39 is 5.82 Å². The number of aromatic nitrogens is 2. The predicted molar refractivity (Wildman–Crippen MR) is 83.9 cm³/mol. The number of nitrogens with one attached hydrogen (secondary N) is 2. The van der Waals surface area contributed by atoms with Crippen LogP contribution in [0.5, 0.6) is 0 Å². The third kappa shape index (κ3) is 3.59. The van der Waals surface area contributed by atoms with Gasteiger partial charge in [-0.1, -0.05) is 17.7 Å². The third-order valence-corrected chi connectivity index (χ3v) is 4.29. The van der Waals surface area contributed by atoms with Crippen molar-refractivity contribution < 1.29 is 9.18 Å². The standard InChI is InChI=1S/C16H15ClFN3O2/c17-12-2-1-3-13(18)11(12)8-15(22)19-10-4-5-14-9(6-10)7-16(23)21-20-14/h1-3,7,10H,4-6,8H2,(H,19,22)(H,21,23). The van der Waals surface area contributed by atoms with E-state index in [1.807, 2.05) is 0 Å². The minimum Gasteiger partial charge on any atom is -0.353 e. The molecule has 0 fully saturated rings. The second-order valence-electron chi connectivity index (χ2n) is 5.59. The topological polar surface area (TPSA) is 74.8 Å². The van der Waals surface area contributed by atoms with Crippen molar-refractivity contribution >= 4 is 17.5 Å². The Morgan fingerprint density at radius 1 is 1.48 bits per heavy atom. The van der Waals surface area contributed by atoms with Crippen molar-refractivity contribution in [3.8, 4) is 0 Å². The number of nitrogens with zero attached hydrogens (tertiary/aromatic N) is 1. The van der Waals surface area contributed by atoms with Crippen LogP contribution >= 0.6 is 11.6 Å². The zero-order valence-electron chi connectivity index (χ0n) is 12.2. The molecule has 2 aromatic rings. The van der Waals surface area contributed by atoms with Gasteiger partial charge >= 0.3 is 0 Å². The van der Waals surface area contributed by atoms with Crippen LogP contribution in [0, 0.1) is 5.82 Å². The van der Waals surface area contributed by atoms with Gasteiger partial charge in [-0.05, 0) is 37.0 Å². The molecular weight excluding hydrogens is 321 g/mol. The Hall–Kier alpha value is -2.21. The van der Waals surface area contributed by atoms with Gasteiger partial charge < -0.3 is 5.32 Å². The molecule has 1 aliphatic rings. The third-order valence-electron chi connectivity index (χ3n) is 3.94. The number of rotatable bonds is 3. The molecule has 1 amide bonds. The number of hydrogen-bond acceptors (Lipinski definition) is 3. The van der Waals surface area contributed by atoms with E-state index in [-0.39, 0.29) is 34.5 Å². The molecule has 1 atom stereocenters. The number of carbonyl (C=O) groups is 1. The summed E-state index contributed by atoms with van der Waals surface area (Å²) in [7, 11) is 0. The van der Waals surface area contributed by atoms with Crippen molar-refractivity contribution in [3.05, 3.63) is 62.3 Å². The van der Waals surface area contributed by atoms with Crippen molar-refractivity contribution in [2.45, 2.75) is 31.7 Å². The average Bonchev–Trinajstić information content (AvgIpc) is 2.50. The Balaban J connectivity index is 1.66. The minimum atomic E-state index is -0.489. The number of benzene rings is 1. The molecule has 3 rings (SSSR count). The average molecular weight is 336 g/mol. The van der Waals surface area contributed by atoms with Gasteiger partial charge in [0.15, 0.2) is 0 Å². The van der Waals surface area contributed by atoms with Crippen molar-refractivity contribution in [1.29, 1.82) is 0 Å². The van der Waals surface area contributed by atoms with Crippen LogP contribution in [0.2, 0.25) is 5.02 Å². The lowest BCUT2D eigenvalue weighted by atomic mass is 9.92. The number of carbonyl (C=O) groups excluding carboxylic acids is 1. The minimum absolute atomic E-state index is 0.0934. The number of H-pyrrole nitrogens is 1. The van der Waals surface area contributed by atoms with Crippen molar-refractivity contribution in [1.82, 2.24) is 15.5 Å². The van der Waals surface area contributed by atoms with E-state index in [1.165, 1.54) is 18.2 Å². The zero-order chi connectivity index (χ0) is 16.4. The zero-order valence-corrected chi connectivity index (χ0v) is 13.0. The molecule has 1 aromatic heterocycles. The molecule has 1 aliphatic carbocycles. The summed E-state index contributed by atoms with van der Waals surface area (Å²) in [5, 5.41) is 9.54. The Morgan fingerprint density at radius 2 is 2.30 bits per heavy atom. The number of amides is 1. The highest BCUT2D eigenvalue weighted by Crippen LogP contribution is 2.21. The SMILES string of the molecule is O=C(Cc1c(F)cccc1Cl)NC1CCc2n[nH]c(=O)cc2C1. The van der Waals surface area contributed by atoms with Crippen molar-refractivity contribution in [2.24, 2.45) is 0 Å². The van der Waals surface area contributed by atoms with Crippen LogP contribution in [0.1, 0.15) is 23.2 Å². The molecule has 0 radical (unpaired) electrons. The van der Waals surface area contributed by atoms with Crippen molar-refractivity contribution in [3.63, 3.8) is 0 Å². The van der Waals surface area contributed by atoms with Crippen LogP contribution < -0.4 is 10.9 Å². The van der Waals surface area contributed by atoms with Gasteiger partial charge in [-0.25, -0.2) is 9.49 Å². The van der Waals surface area contributed by atoms with Crippen LogP contribution in [0.4, 0.5) is 4.39 Å². The van der Waals surface area contributed by atoms with Gasteiger partial charge in [0.25, 0.3) is 5.56 Å². The second kappa shape index (κ2) is 6.50. The first kappa shape index (κ1) is 15.7. The lowest BCUT2D eigenvalue weighted by Gasteiger charge is -2.24. The van der Waals surface area contributed by atoms with Crippen molar-refractivity contribution in [2.75, 3.05) is 0 Å². The molecule has 5 nitrogen and oxygen atoms in total. The second-order valence-corrected chi connectivity index (χ2v) is 6.00. The fraction of sp³-hybridized carbons (Fsp3) is 0.312. The maximum absolute atomic E-state index is 13.7. The molecule has 7 heteroatoms. The quantitative estimate of drug-likeness (QED) is 0.897. The lowest BCUT2D eigenvalue weighted by molar-refractivity contribution is -0.121. The van der Waals surface area contributed by atoms with E-state index >= 15 is 0 Å². The summed E-state index contributed by atoms with van der Waals surface area (Å²) in [6.45, 7) is 0. The molecule has 1 heterocycles. The van der Waals surface area contributed by atoms with E-state index in [2.05, 4.69) is 15.5 Å². The van der Waals surface area contributed by atoms with Crippen LogP contribution in [0.15, 0.2) is 29.1 Å². The van der Waals surface area contributed by atoms with Gasteiger partial charge in [-0.15, -0.1) is 0 Å². The summed E-state index contributed by atoms with van der Waals surface area (Å²) in [6, 6.07) is 5.76. The van der Waals surface area contributed by atoms with Crippen LogP contribution in [-0.4, -0.2) is 22.1 Å². The Labute approximate surface area is 136 Å². The smallest absolute Gasteiger partial charge is 0.264 e. The molecule has 0 aliphatic heterocycles. The van der Waals surface area contributed by atoms with E-state index in [1.54, 1.807) is 6.07 Å². The molecule has 0 bridgehead atoms. The summed E-state index contributed by atoms with van der Waals surface area (Å²) < 4.78 is 13.7. The highest BCUT2D eigenvalue weighted by Gasteiger charge is 2.22. The summed E-state index contributed by atoms with van der Waals surface area (Å²) in [5.41, 5.74) is 1.64. The van der Waals surface area contributed by atoms with Gasteiger partial charge in [0.1, 0.15) is 5.82 Å². The van der Waals surface area contributed by atoms with E-state index in [4.69, 9.17) is 11.6 Å². The molecule has 0 saturated heterocycles. The van der Waals surface area contributed by atoms with Crippen LogP contribution in [-0.2, 0) is 24.1 Å². The first-order chi connectivity index (χ1) is 11.0. The molecular formula is C16H15ClFN3O2. The number of aromatic amines is 1. The summed E-state index contributed by atoms with van der Waals surface area (Å²) in [5.74, 6) is -0.777. The highest BCUT2D eigenvalue weighted by molar-refractivity contribution is 6.31. The largest absolute Gasteiger partial charge is 0.353 e. The summed E-state index contributed by atoms with van der Waals surface area (Å²) in [4.78, 5) is 23.5. The Kier molecular flexibility index (Phi) is 4.43. The molecule has 1 aromatic carbocycles. The number of halogens is 2. The first-order valence-corrected chi connectivity index (χ1v) is 7.70. The first-order valence-electron chi connectivity index (χ1n) is 7.32. The Bertz CT molecular complexity index is 786. The molecule has 0 saturated carbocycles. The van der Waals surface area contributed by atoms with Gasteiger partial charge in [0.05, 0.1) is 12.1 Å². The molecule has 23 heavy (non-hydrogen) atoms. The number of aryl methyl sites for hydroxylation is 1. The monoisotopic (exact) mass is 335 g/mol. The maximum Gasteiger partial charge on any atom is 0.264 e. The normalized spacial score (nSPS) is 16.7. The molecule has 120 valence electrons. The van der Waals surface area contributed by atoms with Gasteiger partial charge in [0, 0.05) is 22.7 Å². The fourth-order valence-electron chi connectivity index (χ4n) is 2.80. The Morgan fingerprint density at radius 3 is 3.09 bits per heavy atom. The van der Waals surface area contributed by atoms with Gasteiger partial charge in [0.2, 0.25) is 5.91 Å². The van der Waals surface area contributed by atoms with E-state index in [9.17, 15) is 14.0 Å². The van der Waals surface area contributed by atoms with Gasteiger partial charge in [-0.2, -0.15) is 5.10 Å². The van der Waals surface area contributed by atoms with E-state index in [0.29, 0.717) is 12.8 Å². The van der Waals surface area contributed by atoms with E-state index in [0.717, 1.165) is 17.7 Å². The molecule has 1 unspecified atom stereocenters. The summed E-state index contributed by atoms with van der Waals surface area (Å²) >= 11 is 5.93. The van der Waals surface area contributed by atoms with Crippen LogP contribution in [0.25, 0.3) is 0 Å². The molecule has 2 N–H and O–H groups in total. The van der Waals surface area contributed by atoms with Crippen LogP contribution in [0.3, 0.4) is 0 Å².